The van der Waals surface area contributed by atoms with E-state index in [9.17, 15) is 0 Å². The van der Waals surface area contributed by atoms with Crippen molar-refractivity contribution in [3.8, 4) is 0 Å². The second kappa shape index (κ2) is 4.31. The summed E-state index contributed by atoms with van der Waals surface area (Å²) in [6.07, 6.45) is 4.00. The molecule has 0 radical (unpaired) electrons. The first kappa shape index (κ1) is 10.6. The van der Waals surface area contributed by atoms with E-state index < -0.39 is 0 Å². The van der Waals surface area contributed by atoms with E-state index in [2.05, 4.69) is 29.9 Å². The molecule has 0 bridgehead atoms. The smallest absolute Gasteiger partial charge is 0.129 e. The van der Waals surface area contributed by atoms with Gasteiger partial charge in [-0.1, -0.05) is 24.6 Å². The molecule has 3 heteroatoms. The molecule has 2 atom stereocenters. The topological polar surface area (TPSA) is 25.2 Å². The highest BCUT2D eigenvalue weighted by Gasteiger charge is 2.25. The molecule has 1 aliphatic heterocycles. The lowest BCUT2D eigenvalue weighted by molar-refractivity contribution is 0.690. The molecular formula is C12H15ClN2. The summed E-state index contributed by atoms with van der Waals surface area (Å²) in [4.78, 5) is 8.77. The molecule has 1 aromatic heterocycles. The quantitative estimate of drug-likeness (QED) is 0.704. The zero-order valence-electron chi connectivity index (χ0n) is 9.07. The van der Waals surface area contributed by atoms with Gasteiger partial charge in [0.05, 0.1) is 0 Å². The van der Waals surface area contributed by atoms with Gasteiger partial charge in [0.1, 0.15) is 5.15 Å². The third-order valence-corrected chi connectivity index (χ3v) is 3.10. The van der Waals surface area contributed by atoms with Crippen LogP contribution in [0.1, 0.15) is 38.2 Å². The van der Waals surface area contributed by atoms with Gasteiger partial charge in [0.15, 0.2) is 0 Å². The van der Waals surface area contributed by atoms with Gasteiger partial charge >= 0.3 is 0 Å². The van der Waals surface area contributed by atoms with Crippen LogP contribution in [0.5, 0.6) is 0 Å². The average molecular weight is 223 g/mol. The zero-order valence-corrected chi connectivity index (χ0v) is 9.83. The summed E-state index contributed by atoms with van der Waals surface area (Å²) in [5.41, 5.74) is 2.54. The lowest BCUT2D eigenvalue weighted by atomic mass is 9.92. The molecule has 2 nitrogen and oxygen atoms in total. The fraction of sp³-hybridized carbons (Fsp3) is 0.500. The number of hydrogen-bond acceptors (Lipinski definition) is 2. The molecule has 0 aliphatic carbocycles. The number of pyridine rings is 1. The number of aliphatic imine (C=N–C) groups is 1. The van der Waals surface area contributed by atoms with Crippen LogP contribution in [0.4, 0.5) is 0 Å². The van der Waals surface area contributed by atoms with E-state index >= 15 is 0 Å². The molecule has 0 spiro atoms. The Hall–Kier alpha value is -0.890. The molecular weight excluding hydrogens is 208 g/mol. The van der Waals surface area contributed by atoms with Crippen LogP contribution in [0.15, 0.2) is 23.3 Å². The molecule has 2 rings (SSSR count). The van der Waals surface area contributed by atoms with Crippen LogP contribution >= 0.6 is 11.6 Å². The van der Waals surface area contributed by atoms with Crippen molar-refractivity contribution in [3.63, 3.8) is 0 Å². The SMILES string of the molecule is CCC1=N[C@@H](C)C[C@@H]1c1ccc(Cl)nc1. The van der Waals surface area contributed by atoms with Crippen molar-refractivity contribution in [2.24, 2.45) is 4.99 Å². The first-order valence-corrected chi connectivity index (χ1v) is 5.76. The molecule has 0 unspecified atom stereocenters. The minimum Gasteiger partial charge on any atom is -0.290 e. The third-order valence-electron chi connectivity index (χ3n) is 2.88. The normalized spacial score (nSPS) is 25.4. The van der Waals surface area contributed by atoms with Crippen molar-refractivity contribution in [3.05, 3.63) is 29.0 Å². The maximum Gasteiger partial charge on any atom is 0.129 e. The van der Waals surface area contributed by atoms with E-state index in [1.54, 1.807) is 0 Å². The summed E-state index contributed by atoms with van der Waals surface area (Å²) in [6.45, 7) is 4.33. The Kier molecular flexibility index (Phi) is 3.06. The largest absolute Gasteiger partial charge is 0.290 e. The molecule has 2 heterocycles. The molecule has 0 N–H and O–H groups in total. The summed E-state index contributed by atoms with van der Waals surface area (Å²) in [7, 11) is 0. The number of nitrogens with zero attached hydrogens (tertiary/aromatic N) is 2. The molecule has 0 fully saturated rings. The number of rotatable bonds is 2. The Balaban J connectivity index is 2.25. The molecule has 0 saturated heterocycles. The maximum absolute atomic E-state index is 5.78. The van der Waals surface area contributed by atoms with Crippen LogP contribution in [-0.4, -0.2) is 16.7 Å². The molecule has 80 valence electrons. The average Bonchev–Trinajstić information content (AvgIpc) is 2.61. The zero-order chi connectivity index (χ0) is 10.8. The summed E-state index contributed by atoms with van der Waals surface area (Å²) in [5, 5.41) is 0.555. The number of halogens is 1. The van der Waals surface area contributed by atoms with E-state index in [1.807, 2.05) is 12.3 Å². The van der Waals surface area contributed by atoms with Crippen molar-refractivity contribution < 1.29 is 0 Å². The van der Waals surface area contributed by atoms with Crippen LogP contribution < -0.4 is 0 Å². The minimum absolute atomic E-state index is 0.445. The van der Waals surface area contributed by atoms with Gasteiger partial charge in [0.2, 0.25) is 0 Å². The Morgan fingerprint density at radius 1 is 1.47 bits per heavy atom. The lowest BCUT2D eigenvalue weighted by Crippen LogP contribution is -2.07. The lowest BCUT2D eigenvalue weighted by Gasteiger charge is -2.11. The van der Waals surface area contributed by atoms with Gasteiger partial charge in [-0.05, 0) is 31.4 Å². The Bertz CT molecular complexity index is 370. The van der Waals surface area contributed by atoms with Gasteiger partial charge in [-0.2, -0.15) is 0 Å². The second-order valence-corrected chi connectivity index (χ2v) is 4.41. The van der Waals surface area contributed by atoms with Gasteiger partial charge in [-0.3, -0.25) is 4.99 Å². The molecule has 1 aromatic rings. The van der Waals surface area contributed by atoms with E-state index in [0.29, 0.717) is 17.1 Å². The van der Waals surface area contributed by atoms with Crippen LogP contribution in [0.25, 0.3) is 0 Å². The Morgan fingerprint density at radius 3 is 2.87 bits per heavy atom. The number of hydrogen-bond donors (Lipinski definition) is 0. The summed E-state index contributed by atoms with van der Waals surface area (Å²) >= 11 is 5.78. The van der Waals surface area contributed by atoms with Crippen molar-refractivity contribution in [2.45, 2.75) is 38.6 Å². The highest BCUT2D eigenvalue weighted by atomic mass is 35.5. The monoisotopic (exact) mass is 222 g/mol. The fourth-order valence-electron chi connectivity index (χ4n) is 2.16. The predicted octanol–water partition coefficient (Wildman–Crippen LogP) is 3.46. The fourth-order valence-corrected chi connectivity index (χ4v) is 2.27. The van der Waals surface area contributed by atoms with E-state index in [1.165, 1.54) is 11.3 Å². The first-order chi connectivity index (χ1) is 7.20. The Morgan fingerprint density at radius 2 is 2.27 bits per heavy atom. The van der Waals surface area contributed by atoms with Crippen LogP contribution in [0.2, 0.25) is 5.15 Å². The van der Waals surface area contributed by atoms with Crippen LogP contribution in [0, 0.1) is 0 Å². The van der Waals surface area contributed by atoms with Crippen molar-refractivity contribution in [2.75, 3.05) is 0 Å². The van der Waals surface area contributed by atoms with Crippen molar-refractivity contribution >= 4 is 17.3 Å². The van der Waals surface area contributed by atoms with Crippen molar-refractivity contribution in [1.82, 2.24) is 4.98 Å². The Labute approximate surface area is 95.4 Å². The third kappa shape index (κ3) is 2.20. The van der Waals surface area contributed by atoms with E-state index in [-0.39, 0.29) is 0 Å². The molecule has 0 saturated carbocycles. The predicted molar refractivity (Wildman–Crippen MR) is 63.8 cm³/mol. The van der Waals surface area contributed by atoms with Gasteiger partial charge < -0.3 is 0 Å². The molecule has 1 aliphatic rings. The van der Waals surface area contributed by atoms with Gasteiger partial charge in [-0.15, -0.1) is 0 Å². The molecule has 0 amide bonds. The molecule has 0 aromatic carbocycles. The van der Waals surface area contributed by atoms with Crippen molar-refractivity contribution in [1.29, 1.82) is 0 Å². The van der Waals surface area contributed by atoms with E-state index in [4.69, 9.17) is 11.6 Å². The minimum atomic E-state index is 0.445. The standard InChI is InChI=1S/C12H15ClN2/c1-3-11-10(6-8(2)15-11)9-4-5-12(13)14-7-9/h4-5,7-8,10H,3,6H2,1-2H3/t8-,10+/m0/s1. The van der Waals surface area contributed by atoms with Gasteiger partial charge in [0, 0.05) is 23.9 Å². The summed E-state index contributed by atoms with van der Waals surface area (Å²) < 4.78 is 0. The van der Waals surface area contributed by atoms with E-state index in [0.717, 1.165) is 12.8 Å². The molecule has 15 heavy (non-hydrogen) atoms. The maximum atomic E-state index is 5.78. The summed E-state index contributed by atoms with van der Waals surface area (Å²) in [5.74, 6) is 0.453. The van der Waals surface area contributed by atoms with Gasteiger partial charge in [-0.25, -0.2) is 4.98 Å². The summed E-state index contributed by atoms with van der Waals surface area (Å²) in [6, 6.07) is 4.36. The first-order valence-electron chi connectivity index (χ1n) is 5.38. The van der Waals surface area contributed by atoms with Gasteiger partial charge in [0.25, 0.3) is 0 Å². The number of aromatic nitrogens is 1. The highest BCUT2D eigenvalue weighted by molar-refractivity contribution is 6.29. The van der Waals surface area contributed by atoms with Crippen LogP contribution in [-0.2, 0) is 0 Å². The van der Waals surface area contributed by atoms with Crippen LogP contribution in [0.3, 0.4) is 0 Å². The second-order valence-electron chi connectivity index (χ2n) is 4.03. The highest BCUT2D eigenvalue weighted by Crippen LogP contribution is 2.31.